The third kappa shape index (κ3) is 3.42. The Labute approximate surface area is 102 Å². The Balaban J connectivity index is 1.72. The minimum Gasteiger partial charge on any atom is -0.337 e. The Kier molecular flexibility index (Phi) is 4.32. The van der Waals surface area contributed by atoms with Crippen LogP contribution in [0.2, 0.25) is 0 Å². The minimum atomic E-state index is 0.877. The molecule has 0 aliphatic heterocycles. The fourth-order valence-electron chi connectivity index (χ4n) is 1.87. The number of imidazole rings is 2. The maximum absolute atomic E-state index is 4.18. The Morgan fingerprint density at radius 3 is 2.82 bits per heavy atom. The summed E-state index contributed by atoms with van der Waals surface area (Å²) in [6.45, 7) is 2.95. The SMILES string of the molecule is CNCc1cncn1CCCCn1ccnc1. The molecule has 0 saturated heterocycles. The van der Waals surface area contributed by atoms with Crippen molar-refractivity contribution in [2.75, 3.05) is 7.05 Å². The van der Waals surface area contributed by atoms with Crippen molar-refractivity contribution in [3.05, 3.63) is 36.9 Å². The molecule has 0 spiro atoms. The van der Waals surface area contributed by atoms with Gasteiger partial charge in [0.15, 0.2) is 0 Å². The zero-order valence-corrected chi connectivity index (χ0v) is 10.2. The maximum atomic E-state index is 4.18. The first-order valence-electron chi connectivity index (χ1n) is 5.99. The molecule has 2 rings (SSSR count). The molecule has 0 atom stereocenters. The van der Waals surface area contributed by atoms with E-state index in [0.29, 0.717) is 0 Å². The molecule has 0 fully saturated rings. The second-order valence-electron chi connectivity index (χ2n) is 4.12. The van der Waals surface area contributed by atoms with Gasteiger partial charge in [-0.15, -0.1) is 0 Å². The van der Waals surface area contributed by atoms with E-state index in [-0.39, 0.29) is 0 Å². The van der Waals surface area contributed by atoms with Gasteiger partial charge in [0.1, 0.15) is 0 Å². The van der Waals surface area contributed by atoms with Gasteiger partial charge in [-0.2, -0.15) is 0 Å². The predicted molar refractivity (Wildman–Crippen MR) is 66.5 cm³/mol. The number of aryl methyl sites for hydroxylation is 2. The van der Waals surface area contributed by atoms with E-state index in [4.69, 9.17) is 0 Å². The van der Waals surface area contributed by atoms with Crippen molar-refractivity contribution < 1.29 is 0 Å². The molecular weight excluding hydrogens is 214 g/mol. The molecule has 5 nitrogen and oxygen atoms in total. The highest BCUT2D eigenvalue weighted by molar-refractivity contribution is 4.97. The summed E-state index contributed by atoms with van der Waals surface area (Å²) in [7, 11) is 1.95. The van der Waals surface area contributed by atoms with E-state index >= 15 is 0 Å². The van der Waals surface area contributed by atoms with Crippen LogP contribution in [0.3, 0.4) is 0 Å². The Bertz CT molecular complexity index is 418. The summed E-state index contributed by atoms with van der Waals surface area (Å²) in [6, 6.07) is 0. The molecule has 2 heterocycles. The van der Waals surface area contributed by atoms with Crippen LogP contribution in [-0.2, 0) is 19.6 Å². The van der Waals surface area contributed by atoms with Gasteiger partial charge in [0.2, 0.25) is 0 Å². The molecule has 17 heavy (non-hydrogen) atoms. The predicted octanol–water partition coefficient (Wildman–Crippen LogP) is 1.28. The average Bonchev–Trinajstić information content (AvgIpc) is 2.96. The van der Waals surface area contributed by atoms with Gasteiger partial charge in [0.05, 0.1) is 18.3 Å². The molecule has 0 aromatic carbocycles. The van der Waals surface area contributed by atoms with Crippen LogP contribution in [-0.4, -0.2) is 26.1 Å². The molecule has 0 amide bonds. The van der Waals surface area contributed by atoms with Crippen LogP contribution < -0.4 is 5.32 Å². The van der Waals surface area contributed by atoms with E-state index < -0.39 is 0 Å². The summed E-state index contributed by atoms with van der Waals surface area (Å²) in [6.07, 6.45) is 11.8. The quantitative estimate of drug-likeness (QED) is 0.733. The summed E-state index contributed by atoms with van der Waals surface area (Å²) in [5, 5.41) is 3.15. The Hall–Kier alpha value is -1.62. The highest BCUT2D eigenvalue weighted by atomic mass is 15.1. The standard InChI is InChI=1S/C12H19N5/c1-13-8-12-9-15-11-17(12)6-3-2-5-16-7-4-14-10-16/h4,7,9-11,13H,2-3,5-6,8H2,1H3. The second kappa shape index (κ2) is 6.20. The summed E-state index contributed by atoms with van der Waals surface area (Å²) in [4.78, 5) is 8.21. The summed E-state index contributed by atoms with van der Waals surface area (Å²) in [5.74, 6) is 0. The highest BCUT2D eigenvalue weighted by Crippen LogP contribution is 2.03. The van der Waals surface area contributed by atoms with E-state index in [2.05, 4.69) is 24.4 Å². The van der Waals surface area contributed by atoms with Crippen molar-refractivity contribution in [2.24, 2.45) is 0 Å². The smallest absolute Gasteiger partial charge is 0.0948 e. The molecule has 2 aromatic heterocycles. The fourth-order valence-corrected chi connectivity index (χ4v) is 1.87. The molecule has 5 heteroatoms. The van der Waals surface area contributed by atoms with Gasteiger partial charge in [-0.05, 0) is 19.9 Å². The molecule has 92 valence electrons. The molecule has 2 aromatic rings. The number of nitrogens with zero attached hydrogens (tertiary/aromatic N) is 4. The van der Waals surface area contributed by atoms with Crippen LogP contribution in [0.15, 0.2) is 31.2 Å². The number of hydrogen-bond acceptors (Lipinski definition) is 3. The minimum absolute atomic E-state index is 0.877. The summed E-state index contributed by atoms with van der Waals surface area (Å²) in [5.41, 5.74) is 1.25. The molecule has 1 N–H and O–H groups in total. The van der Waals surface area contributed by atoms with E-state index in [1.807, 2.05) is 38.3 Å². The number of rotatable bonds is 7. The lowest BCUT2D eigenvalue weighted by Crippen LogP contribution is -2.11. The topological polar surface area (TPSA) is 47.7 Å². The van der Waals surface area contributed by atoms with Crippen LogP contribution in [0.4, 0.5) is 0 Å². The van der Waals surface area contributed by atoms with Crippen molar-refractivity contribution >= 4 is 0 Å². The molecule has 0 aliphatic carbocycles. The van der Waals surface area contributed by atoms with Gasteiger partial charge in [-0.3, -0.25) is 0 Å². The molecule has 0 saturated carbocycles. The number of nitrogens with one attached hydrogen (secondary N) is 1. The lowest BCUT2D eigenvalue weighted by atomic mass is 10.3. The molecule has 0 aliphatic rings. The third-order valence-corrected chi connectivity index (χ3v) is 2.78. The van der Waals surface area contributed by atoms with Gasteiger partial charge in [0.25, 0.3) is 0 Å². The second-order valence-corrected chi connectivity index (χ2v) is 4.12. The molecular formula is C12H19N5. The first-order chi connectivity index (χ1) is 8.40. The van der Waals surface area contributed by atoms with Gasteiger partial charge in [-0.25, -0.2) is 9.97 Å². The number of hydrogen-bond donors (Lipinski definition) is 1. The van der Waals surface area contributed by atoms with Gasteiger partial charge < -0.3 is 14.5 Å². The van der Waals surface area contributed by atoms with Crippen LogP contribution in [0, 0.1) is 0 Å². The van der Waals surface area contributed by atoms with Crippen molar-refractivity contribution in [1.82, 2.24) is 24.4 Å². The molecule has 0 bridgehead atoms. The largest absolute Gasteiger partial charge is 0.337 e. The fraction of sp³-hybridized carbons (Fsp3) is 0.500. The Morgan fingerprint density at radius 2 is 2.06 bits per heavy atom. The average molecular weight is 233 g/mol. The molecule has 0 unspecified atom stereocenters. The van der Waals surface area contributed by atoms with Crippen molar-refractivity contribution in [3.63, 3.8) is 0 Å². The summed E-state index contributed by atoms with van der Waals surface area (Å²) < 4.78 is 4.33. The van der Waals surface area contributed by atoms with Gasteiger partial charge in [-0.1, -0.05) is 0 Å². The normalized spacial score (nSPS) is 10.9. The van der Waals surface area contributed by atoms with Crippen LogP contribution in [0.5, 0.6) is 0 Å². The van der Waals surface area contributed by atoms with Crippen LogP contribution >= 0.6 is 0 Å². The van der Waals surface area contributed by atoms with Crippen molar-refractivity contribution in [3.8, 4) is 0 Å². The van der Waals surface area contributed by atoms with E-state index in [0.717, 1.165) is 32.5 Å². The monoisotopic (exact) mass is 233 g/mol. The lowest BCUT2D eigenvalue weighted by molar-refractivity contribution is 0.538. The molecule has 0 radical (unpaired) electrons. The van der Waals surface area contributed by atoms with Crippen molar-refractivity contribution in [1.29, 1.82) is 0 Å². The first-order valence-corrected chi connectivity index (χ1v) is 5.99. The van der Waals surface area contributed by atoms with E-state index in [1.54, 1.807) is 0 Å². The van der Waals surface area contributed by atoms with Crippen LogP contribution in [0.25, 0.3) is 0 Å². The zero-order chi connectivity index (χ0) is 11.9. The maximum Gasteiger partial charge on any atom is 0.0948 e. The zero-order valence-electron chi connectivity index (χ0n) is 10.2. The number of unbranched alkanes of at least 4 members (excludes halogenated alkanes) is 1. The van der Waals surface area contributed by atoms with E-state index in [1.165, 1.54) is 5.69 Å². The Morgan fingerprint density at radius 1 is 1.18 bits per heavy atom. The van der Waals surface area contributed by atoms with Gasteiger partial charge in [0, 0.05) is 38.2 Å². The highest BCUT2D eigenvalue weighted by Gasteiger charge is 2.00. The summed E-state index contributed by atoms with van der Waals surface area (Å²) >= 11 is 0. The van der Waals surface area contributed by atoms with Gasteiger partial charge >= 0.3 is 0 Å². The van der Waals surface area contributed by atoms with E-state index in [9.17, 15) is 0 Å². The van der Waals surface area contributed by atoms with Crippen molar-refractivity contribution in [2.45, 2.75) is 32.5 Å². The first kappa shape index (κ1) is 11.9. The van der Waals surface area contributed by atoms with Crippen LogP contribution in [0.1, 0.15) is 18.5 Å². The lowest BCUT2D eigenvalue weighted by Gasteiger charge is -2.07. The third-order valence-electron chi connectivity index (χ3n) is 2.78. The number of aromatic nitrogens is 4.